The highest BCUT2D eigenvalue weighted by atomic mass is 35.5. The zero-order chi connectivity index (χ0) is 7.68. The van der Waals surface area contributed by atoms with E-state index in [1.165, 1.54) is 25.6 Å². The van der Waals surface area contributed by atoms with Crippen molar-refractivity contribution in [3.05, 3.63) is 17.2 Å². The van der Waals surface area contributed by atoms with Gasteiger partial charge in [0.15, 0.2) is 5.15 Å². The van der Waals surface area contributed by atoms with Gasteiger partial charge in [0.2, 0.25) is 0 Å². The fraction of sp³-hybridized carbons (Fsp3) is 0.571. The van der Waals surface area contributed by atoms with Crippen LogP contribution in [0.4, 0.5) is 0 Å². The summed E-state index contributed by atoms with van der Waals surface area (Å²) in [5, 5.41) is 8.18. The molecule has 3 nitrogen and oxygen atoms in total. The molecule has 1 aromatic heterocycles. The number of halogens is 1. The first kappa shape index (κ1) is 6.98. The van der Waals surface area contributed by atoms with E-state index < -0.39 is 0 Å². The van der Waals surface area contributed by atoms with E-state index in [0.29, 0.717) is 11.1 Å². The van der Waals surface area contributed by atoms with Gasteiger partial charge in [0.1, 0.15) is 12.0 Å². The summed E-state index contributed by atoms with van der Waals surface area (Å²) < 4.78 is 0. The van der Waals surface area contributed by atoms with Crippen LogP contribution in [0.3, 0.4) is 0 Å². The minimum absolute atomic E-state index is 0.517. The molecule has 1 saturated carbocycles. The van der Waals surface area contributed by atoms with Crippen LogP contribution in [0.1, 0.15) is 30.9 Å². The van der Waals surface area contributed by atoms with Gasteiger partial charge in [-0.1, -0.05) is 18.0 Å². The van der Waals surface area contributed by atoms with Gasteiger partial charge in [-0.3, -0.25) is 0 Å². The Morgan fingerprint density at radius 1 is 1.45 bits per heavy atom. The highest BCUT2D eigenvalue weighted by Crippen LogP contribution is 2.37. The van der Waals surface area contributed by atoms with Crippen molar-refractivity contribution >= 4 is 11.6 Å². The largest absolute Gasteiger partial charge is 0.221 e. The van der Waals surface area contributed by atoms with E-state index in [1.54, 1.807) is 0 Å². The third-order valence-corrected chi connectivity index (χ3v) is 2.38. The van der Waals surface area contributed by atoms with Crippen LogP contribution in [0, 0.1) is 0 Å². The zero-order valence-corrected chi connectivity index (χ0v) is 6.75. The molecule has 2 rings (SSSR count). The average molecular weight is 170 g/mol. The first-order valence-electron chi connectivity index (χ1n) is 3.71. The Bertz CT molecular complexity index is 260. The summed E-state index contributed by atoms with van der Waals surface area (Å²) in [4.78, 5) is 3.87. The molecule has 0 spiro atoms. The molecule has 58 valence electrons. The molecule has 1 heterocycles. The summed E-state index contributed by atoms with van der Waals surface area (Å²) in [6, 6.07) is 0. The lowest BCUT2D eigenvalue weighted by atomic mass is 9.83. The molecular weight excluding hydrogens is 162 g/mol. The quantitative estimate of drug-likeness (QED) is 0.644. The van der Waals surface area contributed by atoms with Crippen LogP contribution in [-0.4, -0.2) is 15.2 Å². The highest BCUT2D eigenvalue weighted by molar-refractivity contribution is 6.30. The molecule has 0 atom stereocenters. The summed E-state index contributed by atoms with van der Waals surface area (Å²) in [7, 11) is 0. The van der Waals surface area contributed by atoms with Gasteiger partial charge < -0.3 is 0 Å². The molecule has 0 bridgehead atoms. The van der Waals surface area contributed by atoms with E-state index in [2.05, 4.69) is 15.2 Å². The number of rotatable bonds is 1. The van der Waals surface area contributed by atoms with Crippen LogP contribution in [0.5, 0.6) is 0 Å². The third kappa shape index (κ3) is 1.20. The number of hydrogen-bond acceptors (Lipinski definition) is 3. The van der Waals surface area contributed by atoms with Gasteiger partial charge >= 0.3 is 0 Å². The second-order valence-corrected chi connectivity index (χ2v) is 3.12. The Kier molecular flexibility index (Phi) is 1.74. The molecule has 0 radical (unpaired) electrons. The molecule has 0 unspecified atom stereocenters. The van der Waals surface area contributed by atoms with Gasteiger partial charge in [0.05, 0.1) is 0 Å². The Labute approximate surface area is 69.8 Å². The lowest BCUT2D eigenvalue weighted by molar-refractivity contribution is 0.406. The monoisotopic (exact) mass is 169 g/mol. The Morgan fingerprint density at radius 3 is 2.82 bits per heavy atom. The van der Waals surface area contributed by atoms with Crippen molar-refractivity contribution in [2.24, 2.45) is 0 Å². The Balaban J connectivity index is 2.28. The lowest BCUT2D eigenvalue weighted by Crippen LogP contribution is -2.12. The van der Waals surface area contributed by atoms with E-state index in [4.69, 9.17) is 11.6 Å². The molecule has 1 fully saturated rings. The predicted molar refractivity (Wildman–Crippen MR) is 41.4 cm³/mol. The van der Waals surface area contributed by atoms with Gasteiger partial charge in [-0.25, -0.2) is 4.98 Å². The molecule has 0 amide bonds. The standard InChI is InChI=1S/C7H8ClN3/c8-7-6(5-2-1-3-5)11-10-4-9-7/h4-5H,1-3H2. The van der Waals surface area contributed by atoms with E-state index in [1.807, 2.05) is 0 Å². The fourth-order valence-electron chi connectivity index (χ4n) is 1.20. The van der Waals surface area contributed by atoms with Crippen LogP contribution in [0.25, 0.3) is 0 Å². The minimum Gasteiger partial charge on any atom is -0.221 e. The van der Waals surface area contributed by atoms with Crippen molar-refractivity contribution in [3.8, 4) is 0 Å². The van der Waals surface area contributed by atoms with E-state index in [-0.39, 0.29) is 0 Å². The zero-order valence-electron chi connectivity index (χ0n) is 6.00. The van der Waals surface area contributed by atoms with Crippen molar-refractivity contribution in [1.82, 2.24) is 15.2 Å². The van der Waals surface area contributed by atoms with Crippen molar-refractivity contribution in [2.45, 2.75) is 25.2 Å². The lowest BCUT2D eigenvalue weighted by Gasteiger charge is -2.23. The normalized spacial score (nSPS) is 17.9. The maximum Gasteiger partial charge on any atom is 0.154 e. The van der Waals surface area contributed by atoms with Gasteiger partial charge in [-0.2, -0.15) is 5.10 Å². The van der Waals surface area contributed by atoms with Crippen molar-refractivity contribution in [2.75, 3.05) is 0 Å². The maximum atomic E-state index is 5.82. The predicted octanol–water partition coefficient (Wildman–Crippen LogP) is 1.79. The van der Waals surface area contributed by atoms with Gasteiger partial charge in [-0.15, -0.1) is 5.10 Å². The average Bonchev–Trinajstić information content (AvgIpc) is 1.90. The number of hydrogen-bond donors (Lipinski definition) is 0. The fourth-order valence-corrected chi connectivity index (χ4v) is 1.44. The van der Waals surface area contributed by atoms with Gasteiger partial charge in [0.25, 0.3) is 0 Å². The molecule has 1 aliphatic rings. The van der Waals surface area contributed by atoms with Crippen molar-refractivity contribution in [3.63, 3.8) is 0 Å². The SMILES string of the molecule is Clc1ncnnc1C1CCC1. The van der Waals surface area contributed by atoms with Gasteiger partial charge in [-0.05, 0) is 12.8 Å². The number of nitrogens with zero attached hydrogens (tertiary/aromatic N) is 3. The minimum atomic E-state index is 0.517. The van der Waals surface area contributed by atoms with Crippen LogP contribution >= 0.6 is 11.6 Å². The van der Waals surface area contributed by atoms with E-state index in [9.17, 15) is 0 Å². The molecule has 0 aromatic carbocycles. The van der Waals surface area contributed by atoms with Crippen LogP contribution in [0.15, 0.2) is 6.33 Å². The highest BCUT2D eigenvalue weighted by Gasteiger charge is 2.23. The third-order valence-electron chi connectivity index (χ3n) is 2.09. The summed E-state index contributed by atoms with van der Waals surface area (Å²) in [5.74, 6) is 0.517. The van der Waals surface area contributed by atoms with Gasteiger partial charge in [0, 0.05) is 5.92 Å². The molecule has 11 heavy (non-hydrogen) atoms. The summed E-state index contributed by atoms with van der Waals surface area (Å²) in [5.41, 5.74) is 0.875. The Hall–Kier alpha value is -0.700. The maximum absolute atomic E-state index is 5.82. The summed E-state index contributed by atoms with van der Waals surface area (Å²) in [6.45, 7) is 0. The molecule has 1 aromatic rings. The number of aromatic nitrogens is 3. The van der Waals surface area contributed by atoms with Crippen LogP contribution < -0.4 is 0 Å². The van der Waals surface area contributed by atoms with Crippen LogP contribution in [-0.2, 0) is 0 Å². The molecule has 0 N–H and O–H groups in total. The molecule has 1 aliphatic carbocycles. The summed E-state index contributed by atoms with van der Waals surface area (Å²) in [6.07, 6.45) is 5.02. The van der Waals surface area contributed by atoms with Crippen molar-refractivity contribution in [1.29, 1.82) is 0 Å². The van der Waals surface area contributed by atoms with E-state index in [0.717, 1.165) is 5.69 Å². The molecule has 4 heteroatoms. The molecule has 0 aliphatic heterocycles. The first-order chi connectivity index (χ1) is 5.38. The smallest absolute Gasteiger partial charge is 0.154 e. The summed E-state index contributed by atoms with van der Waals surface area (Å²) >= 11 is 5.82. The van der Waals surface area contributed by atoms with Crippen molar-refractivity contribution < 1.29 is 0 Å². The first-order valence-corrected chi connectivity index (χ1v) is 4.09. The second kappa shape index (κ2) is 2.74. The molecule has 0 saturated heterocycles. The Morgan fingerprint density at radius 2 is 2.27 bits per heavy atom. The topological polar surface area (TPSA) is 38.7 Å². The second-order valence-electron chi connectivity index (χ2n) is 2.76. The molecular formula is C7H8ClN3. The van der Waals surface area contributed by atoms with E-state index >= 15 is 0 Å². The van der Waals surface area contributed by atoms with Crippen LogP contribution in [0.2, 0.25) is 5.15 Å².